The van der Waals surface area contributed by atoms with Crippen LogP contribution in [-0.2, 0) is 11.1 Å². The molecule has 1 unspecified atom stereocenters. The summed E-state index contributed by atoms with van der Waals surface area (Å²) >= 11 is -1.33. The highest BCUT2D eigenvalue weighted by Gasteiger charge is 1.97. The van der Waals surface area contributed by atoms with Crippen molar-refractivity contribution >= 4 is 22.6 Å². The molecular formula is C3H3N2O2S2-. The van der Waals surface area contributed by atoms with E-state index in [1.165, 1.54) is 0 Å². The summed E-state index contributed by atoms with van der Waals surface area (Å²) in [6, 6.07) is 0. The van der Waals surface area contributed by atoms with Gasteiger partial charge in [0.2, 0.25) is 0 Å². The van der Waals surface area contributed by atoms with Crippen molar-refractivity contribution in [3.63, 3.8) is 0 Å². The standard InChI is InChI=1S/C3H4N2O2S2/c1-2-4-3(8-5-2)9(6)7/h1H3,(H,6,7)/p-1. The largest absolute Gasteiger partial charge is 0.767 e. The van der Waals surface area contributed by atoms with Crippen LogP contribution in [-0.4, -0.2) is 18.1 Å². The van der Waals surface area contributed by atoms with Gasteiger partial charge in [-0.05, 0) is 18.5 Å². The summed E-state index contributed by atoms with van der Waals surface area (Å²) < 4.78 is 24.0. The maximum Gasteiger partial charge on any atom is 0.186 e. The van der Waals surface area contributed by atoms with Gasteiger partial charge in [0.05, 0.1) is 0 Å². The van der Waals surface area contributed by atoms with E-state index in [1.54, 1.807) is 6.92 Å². The molecule has 0 fully saturated rings. The highest BCUT2D eigenvalue weighted by molar-refractivity contribution is 7.81. The molecule has 9 heavy (non-hydrogen) atoms. The summed E-state index contributed by atoms with van der Waals surface area (Å²) in [4.78, 5) is 3.60. The molecule has 0 aliphatic rings. The number of aromatic nitrogens is 2. The second kappa shape index (κ2) is 2.51. The molecule has 0 saturated carbocycles. The lowest BCUT2D eigenvalue weighted by atomic mass is 10.8. The SMILES string of the molecule is Cc1nsc(S(=O)[O-])n1. The van der Waals surface area contributed by atoms with Crippen molar-refractivity contribution in [3.8, 4) is 0 Å². The van der Waals surface area contributed by atoms with E-state index in [9.17, 15) is 8.76 Å². The fourth-order valence-corrected chi connectivity index (χ4v) is 1.33. The molecule has 50 valence electrons. The molecule has 0 aromatic carbocycles. The van der Waals surface area contributed by atoms with E-state index < -0.39 is 11.1 Å². The molecule has 6 heteroatoms. The second-order valence-electron chi connectivity index (χ2n) is 1.34. The average Bonchev–Trinajstić information content (AvgIpc) is 2.14. The Morgan fingerprint density at radius 1 is 1.78 bits per heavy atom. The van der Waals surface area contributed by atoms with Gasteiger partial charge in [0.1, 0.15) is 5.82 Å². The van der Waals surface area contributed by atoms with Crippen molar-refractivity contribution in [1.29, 1.82) is 0 Å². The molecule has 1 aromatic rings. The third-order valence-corrected chi connectivity index (χ3v) is 2.26. The molecule has 1 atom stereocenters. The van der Waals surface area contributed by atoms with Crippen molar-refractivity contribution in [2.75, 3.05) is 0 Å². The summed E-state index contributed by atoms with van der Waals surface area (Å²) in [5.41, 5.74) is 0. The predicted molar refractivity (Wildman–Crippen MR) is 31.8 cm³/mol. The van der Waals surface area contributed by atoms with Crippen molar-refractivity contribution in [3.05, 3.63) is 5.82 Å². The van der Waals surface area contributed by atoms with Gasteiger partial charge in [0, 0.05) is 11.1 Å². The van der Waals surface area contributed by atoms with Gasteiger partial charge in [0.15, 0.2) is 4.34 Å². The quantitative estimate of drug-likeness (QED) is 0.550. The Morgan fingerprint density at radius 3 is 2.67 bits per heavy atom. The average molecular weight is 163 g/mol. The Hall–Kier alpha value is -0.330. The van der Waals surface area contributed by atoms with Gasteiger partial charge >= 0.3 is 0 Å². The zero-order valence-corrected chi connectivity index (χ0v) is 6.16. The Kier molecular flexibility index (Phi) is 1.89. The first-order valence-electron chi connectivity index (χ1n) is 2.09. The Morgan fingerprint density at radius 2 is 2.44 bits per heavy atom. The van der Waals surface area contributed by atoms with Crippen LogP contribution in [0.1, 0.15) is 5.82 Å². The molecule has 1 heterocycles. The van der Waals surface area contributed by atoms with E-state index >= 15 is 0 Å². The first kappa shape index (κ1) is 6.79. The van der Waals surface area contributed by atoms with Crippen molar-refractivity contribution in [2.24, 2.45) is 0 Å². The maximum absolute atomic E-state index is 10.1. The topological polar surface area (TPSA) is 65.9 Å². The molecule has 0 N–H and O–H groups in total. The smallest absolute Gasteiger partial charge is 0.186 e. The minimum Gasteiger partial charge on any atom is -0.767 e. The molecular weight excluding hydrogens is 160 g/mol. The van der Waals surface area contributed by atoms with Gasteiger partial charge in [-0.25, -0.2) is 4.98 Å². The van der Waals surface area contributed by atoms with Crippen molar-refractivity contribution < 1.29 is 8.76 Å². The minimum absolute atomic E-state index is 0.0486. The number of aryl methyl sites for hydroxylation is 1. The maximum atomic E-state index is 10.1. The van der Waals surface area contributed by atoms with E-state index in [0.717, 1.165) is 11.5 Å². The van der Waals surface area contributed by atoms with Gasteiger partial charge in [0.25, 0.3) is 0 Å². The number of nitrogens with zero attached hydrogens (tertiary/aromatic N) is 2. The van der Waals surface area contributed by atoms with E-state index in [2.05, 4.69) is 9.36 Å². The first-order valence-corrected chi connectivity index (χ1v) is 3.94. The monoisotopic (exact) mass is 163 g/mol. The zero-order chi connectivity index (χ0) is 6.85. The van der Waals surface area contributed by atoms with Crippen LogP contribution in [0, 0.1) is 6.92 Å². The molecule has 0 spiro atoms. The fraction of sp³-hybridized carbons (Fsp3) is 0.333. The molecule has 0 saturated heterocycles. The van der Waals surface area contributed by atoms with Crippen LogP contribution in [0.4, 0.5) is 0 Å². The molecule has 0 aliphatic carbocycles. The summed E-state index contributed by atoms with van der Waals surface area (Å²) in [7, 11) is 0. The highest BCUT2D eigenvalue weighted by atomic mass is 32.2. The molecule has 0 amide bonds. The van der Waals surface area contributed by atoms with Gasteiger partial charge < -0.3 is 4.55 Å². The fourth-order valence-electron chi connectivity index (χ4n) is 0.346. The predicted octanol–water partition coefficient (Wildman–Crippen LogP) is 0.0845. The lowest BCUT2D eigenvalue weighted by molar-refractivity contribution is 0.536. The minimum atomic E-state index is -2.21. The Bertz CT molecular complexity index is 233. The van der Waals surface area contributed by atoms with Gasteiger partial charge in [-0.3, -0.25) is 4.21 Å². The van der Waals surface area contributed by atoms with Crippen LogP contribution in [0.15, 0.2) is 4.34 Å². The van der Waals surface area contributed by atoms with Crippen LogP contribution in [0.2, 0.25) is 0 Å². The summed E-state index contributed by atoms with van der Waals surface area (Å²) in [6.07, 6.45) is 0. The molecule has 0 radical (unpaired) electrons. The number of hydrogen-bond acceptors (Lipinski definition) is 5. The lowest BCUT2D eigenvalue weighted by Crippen LogP contribution is -1.86. The molecule has 0 aliphatic heterocycles. The van der Waals surface area contributed by atoms with E-state index in [1.807, 2.05) is 0 Å². The van der Waals surface area contributed by atoms with E-state index in [-0.39, 0.29) is 4.34 Å². The van der Waals surface area contributed by atoms with E-state index in [4.69, 9.17) is 0 Å². The van der Waals surface area contributed by atoms with Crippen molar-refractivity contribution in [2.45, 2.75) is 11.3 Å². The second-order valence-corrected chi connectivity index (χ2v) is 3.21. The van der Waals surface area contributed by atoms with Gasteiger partial charge in [-0.1, -0.05) is 0 Å². The molecule has 4 nitrogen and oxygen atoms in total. The van der Waals surface area contributed by atoms with Gasteiger partial charge in [-0.15, -0.1) is 0 Å². The van der Waals surface area contributed by atoms with Crippen LogP contribution in [0.3, 0.4) is 0 Å². The van der Waals surface area contributed by atoms with Crippen LogP contribution in [0.5, 0.6) is 0 Å². The molecule has 1 aromatic heterocycles. The van der Waals surface area contributed by atoms with Crippen LogP contribution < -0.4 is 0 Å². The molecule has 0 bridgehead atoms. The third kappa shape index (κ3) is 1.54. The number of rotatable bonds is 1. The zero-order valence-electron chi connectivity index (χ0n) is 4.53. The first-order chi connectivity index (χ1) is 4.20. The summed E-state index contributed by atoms with van der Waals surface area (Å²) in [5.74, 6) is 0.499. The van der Waals surface area contributed by atoms with Crippen LogP contribution in [0.25, 0.3) is 0 Å². The third-order valence-electron chi connectivity index (χ3n) is 0.652. The summed E-state index contributed by atoms with van der Waals surface area (Å²) in [5, 5.41) is 0. The van der Waals surface area contributed by atoms with E-state index in [0.29, 0.717) is 5.82 Å². The Balaban J connectivity index is 2.98. The highest BCUT2D eigenvalue weighted by Crippen LogP contribution is 2.06. The number of hydrogen-bond donors (Lipinski definition) is 0. The van der Waals surface area contributed by atoms with Crippen LogP contribution >= 0.6 is 11.5 Å². The summed E-state index contributed by atoms with van der Waals surface area (Å²) in [6.45, 7) is 1.65. The Labute approximate surface area is 58.4 Å². The van der Waals surface area contributed by atoms with Gasteiger partial charge in [-0.2, -0.15) is 4.37 Å². The molecule has 1 rings (SSSR count). The lowest BCUT2D eigenvalue weighted by Gasteiger charge is -1.94. The normalized spacial score (nSPS) is 13.6. The van der Waals surface area contributed by atoms with Crippen molar-refractivity contribution in [1.82, 2.24) is 9.36 Å².